The number of rotatable bonds is 5. The van der Waals surface area contributed by atoms with E-state index in [9.17, 15) is 9.18 Å². The number of benzene rings is 2. The highest BCUT2D eigenvalue weighted by Crippen LogP contribution is 2.24. The van der Waals surface area contributed by atoms with Gasteiger partial charge in [-0.15, -0.1) is 10.2 Å². The van der Waals surface area contributed by atoms with Gasteiger partial charge in [0.15, 0.2) is 11.0 Å². The minimum atomic E-state index is -0.355. The number of aromatic nitrogens is 3. The topological polar surface area (TPSA) is 59.8 Å². The van der Waals surface area contributed by atoms with Gasteiger partial charge in [0.25, 0.3) is 0 Å². The van der Waals surface area contributed by atoms with Crippen LogP contribution in [-0.2, 0) is 11.8 Å². The van der Waals surface area contributed by atoms with Crippen LogP contribution in [0.5, 0.6) is 0 Å². The number of anilines is 1. The Morgan fingerprint density at radius 2 is 2.00 bits per heavy atom. The quantitative estimate of drug-likeness (QED) is 0.709. The van der Waals surface area contributed by atoms with E-state index in [-0.39, 0.29) is 17.5 Å². The van der Waals surface area contributed by atoms with Gasteiger partial charge < -0.3 is 9.88 Å². The summed E-state index contributed by atoms with van der Waals surface area (Å²) < 4.78 is 15.6. The number of amides is 1. The molecule has 25 heavy (non-hydrogen) atoms. The molecule has 0 fully saturated rings. The van der Waals surface area contributed by atoms with Gasteiger partial charge in [-0.3, -0.25) is 4.79 Å². The molecular formula is C18H17FN4OS. The fourth-order valence-electron chi connectivity index (χ4n) is 2.37. The third-order valence-corrected chi connectivity index (χ3v) is 4.60. The zero-order valence-corrected chi connectivity index (χ0v) is 14.7. The zero-order chi connectivity index (χ0) is 17.8. The molecule has 0 saturated heterocycles. The molecule has 128 valence electrons. The van der Waals surface area contributed by atoms with Crippen molar-refractivity contribution in [2.24, 2.45) is 7.05 Å². The summed E-state index contributed by atoms with van der Waals surface area (Å²) in [5, 5.41) is 11.5. The number of carbonyl (C=O) groups is 1. The normalized spacial score (nSPS) is 10.7. The maximum Gasteiger partial charge on any atom is 0.234 e. The molecule has 3 aromatic rings. The zero-order valence-electron chi connectivity index (χ0n) is 13.9. The monoisotopic (exact) mass is 356 g/mol. The first-order chi connectivity index (χ1) is 12.0. The summed E-state index contributed by atoms with van der Waals surface area (Å²) in [6.07, 6.45) is 0. The van der Waals surface area contributed by atoms with Crippen LogP contribution in [0.15, 0.2) is 53.7 Å². The van der Waals surface area contributed by atoms with Crippen molar-refractivity contribution in [1.82, 2.24) is 14.8 Å². The third-order valence-electron chi connectivity index (χ3n) is 3.58. The molecule has 0 aliphatic heterocycles. The van der Waals surface area contributed by atoms with E-state index in [4.69, 9.17) is 0 Å². The Morgan fingerprint density at radius 3 is 2.76 bits per heavy atom. The van der Waals surface area contributed by atoms with Gasteiger partial charge in [0.05, 0.1) is 11.3 Å². The van der Waals surface area contributed by atoms with Crippen LogP contribution in [-0.4, -0.2) is 26.4 Å². The van der Waals surface area contributed by atoms with Gasteiger partial charge in [-0.2, -0.15) is 0 Å². The van der Waals surface area contributed by atoms with Gasteiger partial charge >= 0.3 is 0 Å². The summed E-state index contributed by atoms with van der Waals surface area (Å²) in [6.45, 7) is 1.97. The standard InChI is InChI=1S/C18H17FN4OS/c1-12-6-5-7-13(10-12)20-16(24)11-25-18-22-21-17(23(18)2)14-8-3-4-9-15(14)19/h3-10H,11H2,1-2H3,(H,20,24). The number of nitrogens with one attached hydrogen (secondary N) is 1. The van der Waals surface area contributed by atoms with E-state index in [1.807, 2.05) is 31.2 Å². The first-order valence-electron chi connectivity index (χ1n) is 7.68. The Morgan fingerprint density at radius 1 is 1.20 bits per heavy atom. The van der Waals surface area contributed by atoms with Gasteiger partial charge in [-0.05, 0) is 36.8 Å². The van der Waals surface area contributed by atoms with Crippen molar-refractivity contribution in [3.63, 3.8) is 0 Å². The summed E-state index contributed by atoms with van der Waals surface area (Å²) in [5.41, 5.74) is 2.22. The fraction of sp³-hybridized carbons (Fsp3) is 0.167. The van der Waals surface area contributed by atoms with Crippen molar-refractivity contribution >= 4 is 23.4 Å². The number of nitrogens with zero attached hydrogens (tertiary/aromatic N) is 3. The number of hydrogen-bond donors (Lipinski definition) is 1. The second-order valence-corrected chi connectivity index (χ2v) is 6.49. The van der Waals surface area contributed by atoms with Crippen molar-refractivity contribution < 1.29 is 9.18 Å². The van der Waals surface area contributed by atoms with E-state index < -0.39 is 0 Å². The van der Waals surface area contributed by atoms with Gasteiger partial charge in [-0.25, -0.2) is 4.39 Å². The second kappa shape index (κ2) is 7.48. The molecule has 3 rings (SSSR count). The van der Waals surface area contributed by atoms with Gasteiger partial charge in [0, 0.05) is 12.7 Å². The van der Waals surface area contributed by atoms with E-state index >= 15 is 0 Å². The lowest BCUT2D eigenvalue weighted by molar-refractivity contribution is -0.113. The molecule has 0 aliphatic rings. The van der Waals surface area contributed by atoms with Gasteiger partial charge in [0.2, 0.25) is 5.91 Å². The Labute approximate surface area is 149 Å². The van der Waals surface area contributed by atoms with Crippen LogP contribution in [0.4, 0.5) is 10.1 Å². The van der Waals surface area contributed by atoms with Crippen LogP contribution in [0.2, 0.25) is 0 Å². The van der Waals surface area contributed by atoms with Crippen molar-refractivity contribution in [1.29, 1.82) is 0 Å². The maximum atomic E-state index is 13.9. The molecule has 1 heterocycles. The molecule has 0 atom stereocenters. The van der Waals surface area contributed by atoms with Gasteiger partial charge in [-0.1, -0.05) is 36.0 Å². The van der Waals surface area contributed by atoms with Crippen molar-refractivity contribution in [3.8, 4) is 11.4 Å². The molecular weight excluding hydrogens is 339 g/mol. The minimum absolute atomic E-state index is 0.133. The molecule has 0 aliphatic carbocycles. The van der Waals surface area contributed by atoms with E-state index in [1.165, 1.54) is 17.8 Å². The average molecular weight is 356 g/mol. The first-order valence-corrected chi connectivity index (χ1v) is 8.67. The lowest BCUT2D eigenvalue weighted by Gasteiger charge is -2.06. The van der Waals surface area contributed by atoms with Crippen molar-refractivity contribution in [2.75, 3.05) is 11.1 Å². The van der Waals surface area contributed by atoms with E-state index in [0.29, 0.717) is 16.5 Å². The Bertz CT molecular complexity index is 910. The number of carbonyl (C=O) groups excluding carboxylic acids is 1. The number of aryl methyl sites for hydroxylation is 1. The first kappa shape index (κ1) is 17.2. The highest BCUT2D eigenvalue weighted by atomic mass is 32.2. The lowest BCUT2D eigenvalue weighted by Crippen LogP contribution is -2.14. The summed E-state index contributed by atoms with van der Waals surface area (Å²) >= 11 is 1.25. The Balaban J connectivity index is 1.66. The van der Waals surface area contributed by atoms with E-state index in [2.05, 4.69) is 15.5 Å². The molecule has 1 amide bonds. The molecule has 2 aromatic carbocycles. The van der Waals surface area contributed by atoms with Crippen LogP contribution in [0.25, 0.3) is 11.4 Å². The molecule has 0 spiro atoms. The van der Waals surface area contributed by atoms with Crippen molar-refractivity contribution in [3.05, 3.63) is 59.9 Å². The van der Waals surface area contributed by atoms with Crippen LogP contribution in [0.3, 0.4) is 0 Å². The number of hydrogen-bond acceptors (Lipinski definition) is 4. The lowest BCUT2D eigenvalue weighted by atomic mass is 10.2. The highest BCUT2D eigenvalue weighted by molar-refractivity contribution is 7.99. The van der Waals surface area contributed by atoms with Crippen LogP contribution in [0, 0.1) is 12.7 Å². The predicted octanol–water partition coefficient (Wildman–Crippen LogP) is 3.66. The second-order valence-electron chi connectivity index (χ2n) is 5.55. The minimum Gasteiger partial charge on any atom is -0.325 e. The van der Waals surface area contributed by atoms with Crippen LogP contribution < -0.4 is 5.32 Å². The SMILES string of the molecule is Cc1cccc(NC(=O)CSc2nnc(-c3ccccc3F)n2C)c1. The Hall–Kier alpha value is -2.67. The summed E-state index contributed by atoms with van der Waals surface area (Å²) in [4.78, 5) is 12.1. The number of thioether (sulfide) groups is 1. The summed E-state index contributed by atoms with van der Waals surface area (Å²) in [7, 11) is 1.75. The number of halogens is 1. The van der Waals surface area contributed by atoms with E-state index in [1.54, 1.807) is 29.8 Å². The van der Waals surface area contributed by atoms with Crippen molar-refractivity contribution in [2.45, 2.75) is 12.1 Å². The smallest absolute Gasteiger partial charge is 0.234 e. The Kier molecular flexibility index (Phi) is 5.14. The highest BCUT2D eigenvalue weighted by Gasteiger charge is 2.15. The average Bonchev–Trinajstić information content (AvgIpc) is 2.94. The molecule has 7 heteroatoms. The molecule has 1 N–H and O–H groups in total. The fourth-order valence-corrected chi connectivity index (χ4v) is 3.08. The maximum absolute atomic E-state index is 13.9. The largest absolute Gasteiger partial charge is 0.325 e. The molecule has 0 radical (unpaired) electrons. The molecule has 0 bridgehead atoms. The molecule has 0 unspecified atom stereocenters. The molecule has 0 saturated carbocycles. The third kappa shape index (κ3) is 4.06. The molecule has 1 aromatic heterocycles. The predicted molar refractivity (Wildman–Crippen MR) is 96.9 cm³/mol. The van der Waals surface area contributed by atoms with E-state index in [0.717, 1.165) is 11.3 Å². The van der Waals surface area contributed by atoms with Gasteiger partial charge in [0.1, 0.15) is 5.82 Å². The molecule has 5 nitrogen and oxygen atoms in total. The van der Waals surface area contributed by atoms with Crippen LogP contribution >= 0.6 is 11.8 Å². The summed E-state index contributed by atoms with van der Waals surface area (Å²) in [6, 6.07) is 14.0. The van der Waals surface area contributed by atoms with Crippen LogP contribution in [0.1, 0.15) is 5.56 Å². The summed E-state index contributed by atoms with van der Waals surface area (Å²) in [5.74, 6) is 0.134.